The maximum atomic E-state index is 11.6. The molecule has 100 valence electrons. The molecule has 0 bridgehead atoms. The molecule has 0 amide bonds. The summed E-state index contributed by atoms with van der Waals surface area (Å²) in [5.41, 5.74) is 6.27. The van der Waals surface area contributed by atoms with Gasteiger partial charge in [-0.3, -0.25) is 0 Å². The molecule has 0 aliphatic heterocycles. The average Bonchev–Trinajstić information content (AvgIpc) is 2.49. The Morgan fingerprint density at radius 2 is 2.20 bits per heavy atom. The van der Waals surface area contributed by atoms with Crippen molar-refractivity contribution < 1.29 is 9.53 Å². The van der Waals surface area contributed by atoms with Crippen molar-refractivity contribution >= 4 is 23.4 Å². The van der Waals surface area contributed by atoms with Crippen LogP contribution in [0.4, 0.5) is 5.82 Å². The smallest absolute Gasteiger partial charge is 0.358 e. The molecule has 8 heteroatoms. The van der Waals surface area contributed by atoms with Crippen LogP contribution in [0, 0.1) is 11.3 Å². The van der Waals surface area contributed by atoms with E-state index in [1.54, 1.807) is 6.07 Å². The minimum Gasteiger partial charge on any atom is -0.464 e. The minimum atomic E-state index is -0.716. The topological polar surface area (TPSA) is 115 Å². The fourth-order valence-corrected chi connectivity index (χ4v) is 1.58. The predicted octanol–water partition coefficient (Wildman–Crippen LogP) is 1.43. The van der Waals surface area contributed by atoms with Gasteiger partial charge < -0.3 is 10.5 Å². The summed E-state index contributed by atoms with van der Waals surface area (Å²) in [5, 5.41) is 8.62. The number of nitrogen functional groups attached to an aromatic ring is 1. The van der Waals surface area contributed by atoms with Crippen LogP contribution in [-0.2, 0) is 4.74 Å². The van der Waals surface area contributed by atoms with E-state index in [2.05, 4.69) is 19.7 Å². The van der Waals surface area contributed by atoms with E-state index in [0.29, 0.717) is 5.56 Å². The van der Waals surface area contributed by atoms with Crippen LogP contribution in [0.15, 0.2) is 18.3 Å². The highest BCUT2D eigenvalue weighted by Crippen LogP contribution is 2.24. The zero-order valence-electron chi connectivity index (χ0n) is 10.3. The van der Waals surface area contributed by atoms with Crippen LogP contribution in [0.3, 0.4) is 0 Å². The number of hydrogen-bond acceptors (Lipinski definition) is 7. The third-order valence-corrected chi connectivity index (χ3v) is 2.76. The fraction of sp³-hybridized carbons (Fsp3) is 0.0833. The first-order valence-corrected chi connectivity index (χ1v) is 5.72. The van der Waals surface area contributed by atoms with Crippen molar-refractivity contribution in [1.29, 1.82) is 5.26 Å². The van der Waals surface area contributed by atoms with Gasteiger partial charge >= 0.3 is 5.97 Å². The highest BCUT2D eigenvalue weighted by molar-refractivity contribution is 6.35. The van der Waals surface area contributed by atoms with Gasteiger partial charge in [0.25, 0.3) is 0 Å². The Kier molecular flexibility index (Phi) is 3.77. The number of rotatable bonds is 2. The largest absolute Gasteiger partial charge is 0.464 e. The number of ether oxygens (including phenoxy) is 1. The zero-order valence-corrected chi connectivity index (χ0v) is 11.0. The van der Waals surface area contributed by atoms with Crippen LogP contribution in [0.5, 0.6) is 0 Å². The molecule has 2 aromatic heterocycles. The zero-order chi connectivity index (χ0) is 14.7. The van der Waals surface area contributed by atoms with Crippen LogP contribution in [-0.4, -0.2) is 28.0 Å². The van der Waals surface area contributed by atoms with Crippen molar-refractivity contribution in [2.75, 3.05) is 12.8 Å². The van der Waals surface area contributed by atoms with E-state index in [1.807, 2.05) is 6.07 Å². The van der Waals surface area contributed by atoms with Gasteiger partial charge in [-0.1, -0.05) is 11.6 Å². The van der Waals surface area contributed by atoms with E-state index in [1.165, 1.54) is 19.4 Å². The number of esters is 1. The molecule has 2 aromatic rings. The Hall–Kier alpha value is -2.72. The minimum absolute atomic E-state index is 0.0403. The number of hydrogen-bond donors (Lipinski definition) is 1. The normalized spacial score (nSPS) is 9.85. The molecular formula is C12H8ClN5O2. The lowest BCUT2D eigenvalue weighted by Gasteiger charge is -2.07. The fourth-order valence-electron chi connectivity index (χ4n) is 1.42. The number of pyridine rings is 1. The first kappa shape index (κ1) is 13.7. The molecule has 2 heterocycles. The van der Waals surface area contributed by atoms with Gasteiger partial charge in [0.05, 0.1) is 7.11 Å². The summed E-state index contributed by atoms with van der Waals surface area (Å²) in [6.45, 7) is 0. The highest BCUT2D eigenvalue weighted by atomic mass is 35.5. The quantitative estimate of drug-likeness (QED) is 0.831. The number of halogens is 1. The molecule has 20 heavy (non-hydrogen) atoms. The van der Waals surface area contributed by atoms with Gasteiger partial charge in [-0.25, -0.2) is 19.7 Å². The molecule has 0 saturated heterocycles. The molecule has 2 N–H and O–H groups in total. The van der Waals surface area contributed by atoms with Gasteiger partial charge in [-0.2, -0.15) is 5.26 Å². The molecule has 0 aliphatic carbocycles. The SMILES string of the molecule is COC(=O)c1nc(-c2ccc(C#N)nc2)nc(N)c1Cl. The van der Waals surface area contributed by atoms with Crippen molar-refractivity contribution in [3.05, 3.63) is 34.7 Å². The first-order chi connectivity index (χ1) is 9.56. The molecular weight excluding hydrogens is 282 g/mol. The third kappa shape index (κ3) is 2.50. The summed E-state index contributed by atoms with van der Waals surface area (Å²) >= 11 is 5.86. The summed E-state index contributed by atoms with van der Waals surface area (Å²) in [7, 11) is 1.21. The summed E-state index contributed by atoms with van der Waals surface area (Å²) in [6.07, 6.45) is 1.41. The predicted molar refractivity (Wildman–Crippen MR) is 70.7 cm³/mol. The van der Waals surface area contributed by atoms with E-state index in [4.69, 9.17) is 22.6 Å². The van der Waals surface area contributed by atoms with E-state index in [-0.39, 0.29) is 28.1 Å². The number of aromatic nitrogens is 3. The van der Waals surface area contributed by atoms with Gasteiger partial charge in [-0.15, -0.1) is 0 Å². The van der Waals surface area contributed by atoms with Crippen LogP contribution in [0.2, 0.25) is 5.02 Å². The summed E-state index contributed by atoms with van der Waals surface area (Å²) < 4.78 is 4.57. The van der Waals surface area contributed by atoms with Crippen molar-refractivity contribution in [3.8, 4) is 17.5 Å². The van der Waals surface area contributed by atoms with Gasteiger partial charge in [0.15, 0.2) is 11.5 Å². The van der Waals surface area contributed by atoms with Crippen molar-refractivity contribution in [2.24, 2.45) is 0 Å². The average molecular weight is 290 g/mol. The van der Waals surface area contributed by atoms with E-state index in [9.17, 15) is 4.79 Å². The monoisotopic (exact) mass is 289 g/mol. The Labute approximate surface area is 119 Å². The lowest BCUT2D eigenvalue weighted by Crippen LogP contribution is -2.10. The van der Waals surface area contributed by atoms with Crippen LogP contribution >= 0.6 is 11.6 Å². The Bertz CT molecular complexity index is 709. The molecule has 0 aliphatic rings. The van der Waals surface area contributed by atoms with Crippen LogP contribution in [0.25, 0.3) is 11.4 Å². The van der Waals surface area contributed by atoms with Crippen LogP contribution < -0.4 is 5.73 Å². The molecule has 0 spiro atoms. The van der Waals surface area contributed by atoms with E-state index in [0.717, 1.165) is 0 Å². The molecule has 0 atom stereocenters. The lowest BCUT2D eigenvalue weighted by molar-refractivity contribution is 0.0594. The van der Waals surface area contributed by atoms with E-state index >= 15 is 0 Å². The van der Waals surface area contributed by atoms with Gasteiger partial charge in [0.1, 0.15) is 22.6 Å². The van der Waals surface area contributed by atoms with Crippen molar-refractivity contribution in [3.63, 3.8) is 0 Å². The summed E-state index contributed by atoms with van der Waals surface area (Å²) in [4.78, 5) is 23.4. The first-order valence-electron chi connectivity index (χ1n) is 5.34. The van der Waals surface area contributed by atoms with Crippen LogP contribution in [0.1, 0.15) is 16.2 Å². The third-order valence-electron chi connectivity index (χ3n) is 2.39. The van der Waals surface area contributed by atoms with Gasteiger partial charge in [0.2, 0.25) is 0 Å². The van der Waals surface area contributed by atoms with Crippen molar-refractivity contribution in [1.82, 2.24) is 15.0 Å². The summed E-state index contributed by atoms with van der Waals surface area (Å²) in [6, 6.07) is 4.99. The number of methoxy groups -OCH3 is 1. The Morgan fingerprint density at radius 3 is 2.75 bits per heavy atom. The molecule has 0 radical (unpaired) electrons. The number of nitrogens with two attached hydrogens (primary N) is 1. The second-order valence-electron chi connectivity index (χ2n) is 3.63. The molecule has 2 rings (SSSR count). The lowest BCUT2D eigenvalue weighted by atomic mass is 10.2. The van der Waals surface area contributed by atoms with Gasteiger partial charge in [0, 0.05) is 11.8 Å². The second kappa shape index (κ2) is 5.50. The number of carbonyl (C=O) groups is 1. The second-order valence-corrected chi connectivity index (χ2v) is 4.01. The highest BCUT2D eigenvalue weighted by Gasteiger charge is 2.18. The molecule has 0 fully saturated rings. The Balaban J connectivity index is 2.54. The van der Waals surface area contributed by atoms with E-state index < -0.39 is 5.97 Å². The number of nitrogens with zero attached hydrogens (tertiary/aromatic N) is 4. The maximum Gasteiger partial charge on any atom is 0.358 e. The molecule has 7 nitrogen and oxygen atoms in total. The Morgan fingerprint density at radius 1 is 1.45 bits per heavy atom. The summed E-state index contributed by atoms with van der Waals surface area (Å²) in [5.74, 6) is -0.585. The molecule has 0 aromatic carbocycles. The number of anilines is 1. The number of nitriles is 1. The maximum absolute atomic E-state index is 11.6. The van der Waals surface area contributed by atoms with Crippen molar-refractivity contribution in [2.45, 2.75) is 0 Å². The molecule has 0 unspecified atom stereocenters. The van der Waals surface area contributed by atoms with Gasteiger partial charge in [-0.05, 0) is 12.1 Å². The standard InChI is InChI=1S/C12H8ClN5O2/c1-20-12(19)9-8(13)10(15)18-11(17-9)6-2-3-7(4-14)16-5-6/h2-3,5H,1H3,(H2,15,17,18). The molecule has 0 saturated carbocycles. The number of carbonyl (C=O) groups excluding carboxylic acids is 1.